The summed E-state index contributed by atoms with van der Waals surface area (Å²) in [6, 6.07) is 10.1. The second-order valence-corrected chi connectivity index (χ2v) is 11.3. The molecule has 0 aliphatic carbocycles. The number of aliphatic carboxylic acids is 1. The lowest BCUT2D eigenvalue weighted by Gasteiger charge is -2.17. The van der Waals surface area contributed by atoms with Crippen LogP contribution in [0.1, 0.15) is 98.8 Å². The Morgan fingerprint density at radius 3 is 1.77 bits per heavy atom. The maximum Gasteiger partial charge on any atom is 0.347 e. The molecule has 0 bridgehead atoms. The summed E-state index contributed by atoms with van der Waals surface area (Å²) in [6.45, 7) is 3.29. The average Bonchev–Trinajstić information content (AvgIpc) is 3.11. The number of nitrogens with one attached hydrogen (secondary N) is 1. The Kier molecular flexibility index (Phi) is 20.5. The van der Waals surface area contributed by atoms with E-state index in [0.717, 1.165) is 32.1 Å². The molecule has 0 spiro atoms. The Labute approximate surface area is 304 Å². The Morgan fingerprint density at radius 1 is 0.692 bits per heavy atom. The summed E-state index contributed by atoms with van der Waals surface area (Å²) in [5.41, 5.74) is -0.229. The number of esters is 4. The first-order chi connectivity index (χ1) is 25.1. The van der Waals surface area contributed by atoms with Gasteiger partial charge in [-0.15, -0.1) is 0 Å². The molecule has 0 aliphatic heterocycles. The van der Waals surface area contributed by atoms with Crippen molar-refractivity contribution in [3.05, 3.63) is 120 Å². The number of carbonyl (C=O) groups excluding carboxylic acids is 5. The van der Waals surface area contributed by atoms with Crippen LogP contribution in [0.25, 0.3) is 0 Å². The van der Waals surface area contributed by atoms with Gasteiger partial charge in [0.05, 0.1) is 5.56 Å². The first-order valence-corrected chi connectivity index (χ1v) is 17.2. The van der Waals surface area contributed by atoms with E-state index in [1.807, 2.05) is 12.2 Å². The van der Waals surface area contributed by atoms with Crippen LogP contribution in [-0.2, 0) is 23.9 Å². The Balaban J connectivity index is 1.87. The summed E-state index contributed by atoms with van der Waals surface area (Å²) >= 11 is 0. The van der Waals surface area contributed by atoms with E-state index in [2.05, 4.69) is 60.8 Å². The van der Waals surface area contributed by atoms with E-state index in [-0.39, 0.29) is 35.5 Å². The molecule has 11 heteroatoms. The number of benzene rings is 2. The zero-order valence-corrected chi connectivity index (χ0v) is 29.7. The van der Waals surface area contributed by atoms with E-state index in [4.69, 9.17) is 14.2 Å². The quantitative estimate of drug-likeness (QED) is 0.0405. The normalized spacial score (nSPS) is 12.1. The van der Waals surface area contributed by atoms with Crippen molar-refractivity contribution in [1.82, 2.24) is 5.32 Å². The minimum atomic E-state index is -1.48. The van der Waals surface area contributed by atoms with Crippen LogP contribution in [-0.4, -0.2) is 46.9 Å². The zero-order valence-electron chi connectivity index (χ0n) is 29.7. The molecule has 2 rings (SSSR count). The number of para-hydroxylation sites is 2. The van der Waals surface area contributed by atoms with Gasteiger partial charge in [0.2, 0.25) is 0 Å². The molecule has 52 heavy (non-hydrogen) atoms. The molecule has 0 aliphatic rings. The molecule has 2 aromatic rings. The zero-order chi connectivity index (χ0) is 38.0. The Bertz CT molecular complexity index is 1650. The summed E-state index contributed by atoms with van der Waals surface area (Å²) in [6.07, 6.45) is 25.5. The molecule has 0 heterocycles. The van der Waals surface area contributed by atoms with E-state index in [1.54, 1.807) is 6.07 Å². The lowest BCUT2D eigenvalue weighted by molar-refractivity contribution is -0.161. The summed E-state index contributed by atoms with van der Waals surface area (Å²) in [7, 11) is 0. The van der Waals surface area contributed by atoms with Crippen molar-refractivity contribution in [3.8, 4) is 11.5 Å². The van der Waals surface area contributed by atoms with Gasteiger partial charge in [0, 0.05) is 19.8 Å². The first-order valence-electron chi connectivity index (χ1n) is 17.2. The van der Waals surface area contributed by atoms with Crippen LogP contribution in [0.3, 0.4) is 0 Å². The molecule has 276 valence electrons. The van der Waals surface area contributed by atoms with Crippen molar-refractivity contribution >= 4 is 35.8 Å². The van der Waals surface area contributed by atoms with Crippen molar-refractivity contribution in [2.45, 2.75) is 84.1 Å². The van der Waals surface area contributed by atoms with Crippen LogP contribution in [0.2, 0.25) is 0 Å². The highest BCUT2D eigenvalue weighted by molar-refractivity contribution is 6.02. The fourth-order valence-corrected chi connectivity index (χ4v) is 4.50. The van der Waals surface area contributed by atoms with Gasteiger partial charge in [-0.05, 0) is 75.6 Å². The average molecular weight is 714 g/mol. The lowest BCUT2D eigenvalue weighted by Crippen LogP contribution is -2.43. The van der Waals surface area contributed by atoms with Gasteiger partial charge in [-0.3, -0.25) is 19.2 Å². The van der Waals surface area contributed by atoms with E-state index >= 15 is 0 Å². The van der Waals surface area contributed by atoms with Gasteiger partial charge in [-0.25, -0.2) is 9.59 Å². The second kappa shape index (κ2) is 25.2. The van der Waals surface area contributed by atoms with Crippen molar-refractivity contribution in [3.63, 3.8) is 0 Å². The number of carbonyl (C=O) groups is 6. The number of carboxylic acids is 1. The molecule has 0 fully saturated rings. The van der Waals surface area contributed by atoms with Crippen molar-refractivity contribution in [2.24, 2.45) is 0 Å². The highest BCUT2D eigenvalue weighted by Gasteiger charge is 2.27. The van der Waals surface area contributed by atoms with Crippen molar-refractivity contribution < 1.29 is 48.1 Å². The Morgan fingerprint density at radius 2 is 1.21 bits per heavy atom. The van der Waals surface area contributed by atoms with Crippen LogP contribution in [0, 0.1) is 0 Å². The number of rotatable bonds is 22. The van der Waals surface area contributed by atoms with Crippen LogP contribution in [0.15, 0.2) is 109 Å². The molecule has 0 aromatic heterocycles. The molecule has 0 saturated carbocycles. The summed E-state index contributed by atoms with van der Waals surface area (Å²) in [4.78, 5) is 74.2. The topological polar surface area (TPSA) is 162 Å². The summed E-state index contributed by atoms with van der Waals surface area (Å²) in [5, 5.41) is 11.6. The monoisotopic (exact) mass is 713 g/mol. The summed E-state index contributed by atoms with van der Waals surface area (Å²) < 4.78 is 15.4. The first kappa shape index (κ1) is 42.3. The fraction of sp³-hybridized carbons (Fsp3) is 0.317. The third-order valence-corrected chi connectivity index (χ3v) is 7.06. The fourth-order valence-electron chi connectivity index (χ4n) is 4.50. The number of hydrogen-bond acceptors (Lipinski definition) is 9. The molecule has 1 unspecified atom stereocenters. The van der Waals surface area contributed by atoms with Gasteiger partial charge in [0.15, 0.2) is 0 Å². The number of ether oxygens (including phenoxy) is 3. The predicted octanol–water partition coefficient (Wildman–Crippen LogP) is 7.79. The predicted molar refractivity (Wildman–Crippen MR) is 197 cm³/mol. The van der Waals surface area contributed by atoms with Gasteiger partial charge in [-0.2, -0.15) is 0 Å². The van der Waals surface area contributed by atoms with Gasteiger partial charge >= 0.3 is 29.8 Å². The molecule has 1 amide bonds. The summed E-state index contributed by atoms with van der Waals surface area (Å²) in [5.74, 6) is -5.82. The number of unbranched alkanes of at least 4 members (excludes halogenated alkanes) is 1. The molecule has 1 atom stereocenters. The smallest absolute Gasteiger partial charge is 0.347 e. The van der Waals surface area contributed by atoms with E-state index < -0.39 is 48.2 Å². The molecule has 0 radical (unpaired) electrons. The molecular weight excluding hydrogens is 666 g/mol. The lowest BCUT2D eigenvalue weighted by atomic mass is 10.1. The molecule has 2 aromatic carbocycles. The second-order valence-electron chi connectivity index (χ2n) is 11.3. The minimum absolute atomic E-state index is 0.0408. The number of hydrogen-bond donors (Lipinski definition) is 2. The molecule has 11 nitrogen and oxygen atoms in total. The van der Waals surface area contributed by atoms with Crippen molar-refractivity contribution in [2.75, 3.05) is 0 Å². The molecule has 2 N–H and O–H groups in total. The number of carboxylic acid groups (broad SMARTS) is 1. The molecule has 0 saturated heterocycles. The van der Waals surface area contributed by atoms with Gasteiger partial charge in [0.1, 0.15) is 23.1 Å². The number of allylic oxidation sites excluding steroid dienone is 10. The third-order valence-electron chi connectivity index (χ3n) is 7.06. The van der Waals surface area contributed by atoms with Gasteiger partial charge in [-0.1, -0.05) is 91.9 Å². The highest BCUT2D eigenvalue weighted by Crippen LogP contribution is 2.24. The van der Waals surface area contributed by atoms with Gasteiger partial charge < -0.3 is 24.6 Å². The van der Waals surface area contributed by atoms with E-state index in [9.17, 15) is 33.9 Å². The van der Waals surface area contributed by atoms with Gasteiger partial charge in [0.25, 0.3) is 5.91 Å². The van der Waals surface area contributed by atoms with E-state index in [0.29, 0.717) is 12.8 Å². The van der Waals surface area contributed by atoms with Crippen LogP contribution >= 0.6 is 0 Å². The largest absolute Gasteiger partial charge is 0.481 e. The van der Waals surface area contributed by atoms with Crippen LogP contribution in [0.5, 0.6) is 11.5 Å². The maximum atomic E-state index is 13.3. The van der Waals surface area contributed by atoms with E-state index in [1.165, 1.54) is 49.4 Å². The van der Waals surface area contributed by atoms with Crippen LogP contribution in [0.4, 0.5) is 0 Å². The minimum Gasteiger partial charge on any atom is -0.481 e. The molecular formula is C41H47NO10. The highest BCUT2D eigenvalue weighted by atomic mass is 16.6. The Hall–Kier alpha value is -5.84. The SMILES string of the molecule is CCC=CCC=CCC=CCC=CCC=CCCCC(=O)OC(=O)C(CCC(=O)O)NC(=O)c1ccccc1OC(=O)c1ccccc1OC(C)=O. The third kappa shape index (κ3) is 17.7. The van der Waals surface area contributed by atoms with Crippen molar-refractivity contribution in [1.29, 1.82) is 0 Å². The standard InChI is InChI=1S/C41H47NO10/c1-3-4-5-6-7-8-9-10-11-12-13-14-15-16-17-18-19-28-38(46)52-41(49)34(29-30-37(44)45)42-39(47)32-24-20-22-26-35(32)51-40(48)33-25-21-23-27-36(33)50-31(2)43/h4-5,7-8,10-11,13-14,16-17,20-27,34H,3,6,9,12,15,18-19,28-30H2,1-2H3,(H,42,47)(H,44,45). The maximum absolute atomic E-state index is 13.3. The van der Waals surface area contributed by atoms with Crippen LogP contribution < -0.4 is 14.8 Å². The number of amides is 1.